The zero-order valence-corrected chi connectivity index (χ0v) is 12.4. The average Bonchev–Trinajstić information content (AvgIpc) is 2.44. The van der Waals surface area contributed by atoms with Gasteiger partial charge in [-0.05, 0) is 51.7 Å². The van der Waals surface area contributed by atoms with Crippen LogP contribution in [0, 0.1) is 12.3 Å². The largest absolute Gasteiger partial charge is 0.311 e. The normalized spacial score (nSPS) is 24.4. The number of rotatable bonds is 5. The zero-order chi connectivity index (χ0) is 13.5. The highest BCUT2D eigenvalue weighted by atomic mass is 15.2. The third kappa shape index (κ3) is 4.80. The average molecular weight is 263 g/mol. The zero-order valence-electron chi connectivity index (χ0n) is 12.4. The van der Waals surface area contributed by atoms with E-state index in [4.69, 9.17) is 6.42 Å². The first-order valence-corrected chi connectivity index (χ1v) is 7.96. The Hall–Kier alpha value is -0.560. The van der Waals surface area contributed by atoms with Crippen molar-refractivity contribution in [2.45, 2.75) is 51.1 Å². The van der Waals surface area contributed by atoms with Crippen LogP contribution in [0.1, 0.15) is 39.0 Å². The number of hydrogen-bond donors (Lipinski definition) is 1. The maximum Gasteiger partial charge on any atom is 0.0598 e. The van der Waals surface area contributed by atoms with Crippen LogP contribution in [-0.2, 0) is 0 Å². The minimum absolute atomic E-state index is 0.719. The predicted octanol–water partition coefficient (Wildman–Crippen LogP) is 1.55. The molecule has 0 aliphatic carbocycles. The molecule has 0 bridgehead atoms. The first-order chi connectivity index (χ1) is 9.31. The van der Waals surface area contributed by atoms with E-state index < -0.39 is 0 Å². The second-order valence-corrected chi connectivity index (χ2v) is 6.04. The van der Waals surface area contributed by atoms with Gasteiger partial charge in [-0.25, -0.2) is 0 Å². The molecule has 1 N–H and O–H groups in total. The molecule has 2 fully saturated rings. The van der Waals surface area contributed by atoms with E-state index in [-0.39, 0.29) is 0 Å². The topological polar surface area (TPSA) is 18.5 Å². The fourth-order valence-electron chi connectivity index (χ4n) is 3.36. The van der Waals surface area contributed by atoms with Crippen molar-refractivity contribution < 1.29 is 0 Å². The van der Waals surface area contributed by atoms with Crippen molar-refractivity contribution in [1.29, 1.82) is 0 Å². The minimum Gasteiger partial charge on any atom is -0.311 e. The van der Waals surface area contributed by atoms with Gasteiger partial charge in [0.1, 0.15) is 0 Å². The Balaban J connectivity index is 1.63. The molecule has 0 aromatic rings. The number of likely N-dealkylation sites (tertiary alicyclic amines) is 2. The standard InChI is InChI=1S/C16H29N3/c1-3-9-18-11-5-15(6-12-18)17-16-7-13-19(10-4-2)14-8-16/h1,15-17H,4-14H2,2H3. The number of nitrogens with one attached hydrogen (secondary N) is 1. The van der Waals surface area contributed by atoms with E-state index in [0.717, 1.165) is 31.7 Å². The van der Waals surface area contributed by atoms with Gasteiger partial charge in [-0.15, -0.1) is 6.42 Å². The predicted molar refractivity (Wildman–Crippen MR) is 81.2 cm³/mol. The van der Waals surface area contributed by atoms with E-state index >= 15 is 0 Å². The van der Waals surface area contributed by atoms with Crippen LogP contribution in [0.15, 0.2) is 0 Å². The Bertz CT molecular complexity index is 281. The highest BCUT2D eigenvalue weighted by Gasteiger charge is 2.23. The smallest absolute Gasteiger partial charge is 0.0598 e. The van der Waals surface area contributed by atoms with Gasteiger partial charge in [0.2, 0.25) is 0 Å². The fourth-order valence-corrected chi connectivity index (χ4v) is 3.36. The monoisotopic (exact) mass is 263 g/mol. The Kier molecular flexibility index (Phi) is 6.16. The van der Waals surface area contributed by atoms with Gasteiger partial charge in [-0.2, -0.15) is 0 Å². The lowest BCUT2D eigenvalue weighted by Crippen LogP contribution is -2.49. The lowest BCUT2D eigenvalue weighted by molar-refractivity contribution is 0.166. The molecule has 3 nitrogen and oxygen atoms in total. The van der Waals surface area contributed by atoms with Gasteiger partial charge in [-0.3, -0.25) is 4.90 Å². The van der Waals surface area contributed by atoms with Crippen LogP contribution in [0.3, 0.4) is 0 Å². The molecule has 0 saturated carbocycles. The molecule has 2 heterocycles. The van der Waals surface area contributed by atoms with Crippen LogP contribution >= 0.6 is 0 Å². The molecule has 0 aromatic heterocycles. The molecule has 3 heteroatoms. The van der Waals surface area contributed by atoms with Gasteiger partial charge in [-0.1, -0.05) is 12.8 Å². The van der Waals surface area contributed by atoms with E-state index in [1.807, 2.05) is 0 Å². The van der Waals surface area contributed by atoms with E-state index in [1.54, 1.807) is 0 Å². The molecular weight excluding hydrogens is 234 g/mol. The Morgan fingerprint density at radius 3 is 2.00 bits per heavy atom. The number of nitrogens with zero attached hydrogens (tertiary/aromatic N) is 2. The van der Waals surface area contributed by atoms with Crippen LogP contribution < -0.4 is 5.32 Å². The molecule has 0 unspecified atom stereocenters. The summed E-state index contributed by atoms with van der Waals surface area (Å²) >= 11 is 0. The van der Waals surface area contributed by atoms with E-state index in [9.17, 15) is 0 Å². The summed E-state index contributed by atoms with van der Waals surface area (Å²) in [4.78, 5) is 5.00. The maximum atomic E-state index is 5.37. The summed E-state index contributed by atoms with van der Waals surface area (Å²) in [5.41, 5.74) is 0. The molecule has 0 spiro atoms. The fraction of sp³-hybridized carbons (Fsp3) is 0.875. The SMILES string of the molecule is C#CCN1CCC(NC2CCN(CCC)CC2)CC1. The molecule has 0 radical (unpaired) electrons. The maximum absolute atomic E-state index is 5.37. The molecule has 19 heavy (non-hydrogen) atoms. The Morgan fingerprint density at radius 1 is 1.00 bits per heavy atom. The summed E-state index contributed by atoms with van der Waals surface area (Å²) < 4.78 is 0. The van der Waals surface area contributed by atoms with Crippen LogP contribution in [0.5, 0.6) is 0 Å². The first-order valence-electron chi connectivity index (χ1n) is 7.96. The van der Waals surface area contributed by atoms with Crippen molar-refractivity contribution in [3.05, 3.63) is 0 Å². The molecule has 2 saturated heterocycles. The molecule has 0 amide bonds. The second-order valence-electron chi connectivity index (χ2n) is 6.04. The van der Waals surface area contributed by atoms with E-state index in [1.165, 1.54) is 51.7 Å². The molecular formula is C16H29N3. The third-order valence-corrected chi connectivity index (χ3v) is 4.50. The lowest BCUT2D eigenvalue weighted by Gasteiger charge is -2.37. The number of hydrogen-bond acceptors (Lipinski definition) is 3. The van der Waals surface area contributed by atoms with Crippen molar-refractivity contribution in [3.63, 3.8) is 0 Å². The minimum atomic E-state index is 0.719. The van der Waals surface area contributed by atoms with Crippen LogP contribution in [0.2, 0.25) is 0 Å². The summed E-state index contributed by atoms with van der Waals surface area (Å²) in [6, 6.07) is 1.47. The van der Waals surface area contributed by atoms with Gasteiger partial charge >= 0.3 is 0 Å². The molecule has 108 valence electrons. The van der Waals surface area contributed by atoms with Crippen LogP contribution in [0.25, 0.3) is 0 Å². The van der Waals surface area contributed by atoms with Crippen molar-refractivity contribution in [1.82, 2.24) is 15.1 Å². The van der Waals surface area contributed by atoms with Gasteiger partial charge in [0.05, 0.1) is 6.54 Å². The lowest BCUT2D eigenvalue weighted by atomic mass is 9.99. The quantitative estimate of drug-likeness (QED) is 0.759. The summed E-state index contributed by atoms with van der Waals surface area (Å²) in [6.45, 7) is 9.25. The Labute approximate surface area is 118 Å². The summed E-state index contributed by atoms with van der Waals surface area (Å²) in [5.74, 6) is 2.75. The van der Waals surface area contributed by atoms with Gasteiger partial charge in [0, 0.05) is 25.2 Å². The van der Waals surface area contributed by atoms with Crippen molar-refractivity contribution in [3.8, 4) is 12.3 Å². The van der Waals surface area contributed by atoms with Crippen molar-refractivity contribution in [2.24, 2.45) is 0 Å². The molecule has 0 atom stereocenters. The highest BCUT2D eigenvalue weighted by Crippen LogP contribution is 2.15. The Morgan fingerprint density at radius 2 is 1.53 bits per heavy atom. The molecule has 2 aliphatic heterocycles. The third-order valence-electron chi connectivity index (χ3n) is 4.50. The summed E-state index contributed by atoms with van der Waals surface area (Å²) in [5, 5.41) is 3.88. The summed E-state index contributed by atoms with van der Waals surface area (Å²) in [7, 11) is 0. The van der Waals surface area contributed by atoms with Gasteiger partial charge < -0.3 is 10.2 Å². The van der Waals surface area contributed by atoms with Crippen molar-refractivity contribution in [2.75, 3.05) is 39.3 Å². The van der Waals surface area contributed by atoms with Gasteiger partial charge in [0.15, 0.2) is 0 Å². The molecule has 2 rings (SSSR count). The van der Waals surface area contributed by atoms with E-state index in [0.29, 0.717) is 0 Å². The van der Waals surface area contributed by atoms with Gasteiger partial charge in [0.25, 0.3) is 0 Å². The first kappa shape index (κ1) is 14.8. The van der Waals surface area contributed by atoms with Crippen LogP contribution in [-0.4, -0.2) is 61.2 Å². The molecule has 0 aromatic carbocycles. The van der Waals surface area contributed by atoms with Crippen molar-refractivity contribution >= 4 is 0 Å². The summed E-state index contributed by atoms with van der Waals surface area (Å²) in [6.07, 6.45) is 11.8. The number of terminal acetylenes is 1. The van der Waals surface area contributed by atoms with E-state index in [2.05, 4.69) is 28.0 Å². The number of piperidine rings is 2. The highest BCUT2D eigenvalue weighted by molar-refractivity contribution is 4.91. The molecule has 2 aliphatic rings. The second kappa shape index (κ2) is 7.89. The van der Waals surface area contributed by atoms with Crippen LogP contribution in [0.4, 0.5) is 0 Å².